The summed E-state index contributed by atoms with van der Waals surface area (Å²) in [4.78, 5) is 19.3. The fourth-order valence-corrected chi connectivity index (χ4v) is 3.15. The first-order valence-corrected chi connectivity index (χ1v) is 8.02. The van der Waals surface area contributed by atoms with Gasteiger partial charge in [-0.2, -0.15) is 5.10 Å². The lowest BCUT2D eigenvalue weighted by atomic mass is 10.1. The number of aryl methyl sites for hydroxylation is 2. The number of imidazole rings is 1. The van der Waals surface area contributed by atoms with Crippen LogP contribution in [0, 0.1) is 0 Å². The molecule has 0 aliphatic carbocycles. The minimum Gasteiger partial charge on any atom is -0.336 e. The quantitative estimate of drug-likeness (QED) is 0.908. The second-order valence-corrected chi connectivity index (χ2v) is 6.35. The van der Waals surface area contributed by atoms with E-state index in [1.807, 2.05) is 35.8 Å². The zero-order valence-electron chi connectivity index (χ0n) is 14.6. The van der Waals surface area contributed by atoms with Crippen LogP contribution in [0.1, 0.15) is 47.8 Å². The molecule has 24 heavy (non-hydrogen) atoms. The van der Waals surface area contributed by atoms with Crippen molar-refractivity contribution < 1.29 is 4.79 Å². The third kappa shape index (κ3) is 3.32. The number of halogens is 1. The van der Waals surface area contributed by atoms with Crippen molar-refractivity contribution in [3.05, 3.63) is 35.7 Å². The molecule has 0 saturated carbocycles. The highest BCUT2D eigenvalue weighted by Crippen LogP contribution is 2.23. The maximum Gasteiger partial charge on any atom is 0.275 e. The van der Waals surface area contributed by atoms with Gasteiger partial charge < -0.3 is 14.8 Å². The van der Waals surface area contributed by atoms with Crippen molar-refractivity contribution in [1.82, 2.24) is 29.5 Å². The molecule has 2 aromatic rings. The van der Waals surface area contributed by atoms with Gasteiger partial charge >= 0.3 is 0 Å². The molecule has 7 nitrogen and oxygen atoms in total. The second kappa shape index (κ2) is 7.36. The number of amides is 1. The lowest BCUT2D eigenvalue weighted by Crippen LogP contribution is -2.49. The van der Waals surface area contributed by atoms with E-state index >= 15 is 0 Å². The van der Waals surface area contributed by atoms with Crippen LogP contribution in [0.4, 0.5) is 0 Å². The van der Waals surface area contributed by atoms with E-state index in [4.69, 9.17) is 0 Å². The van der Waals surface area contributed by atoms with Crippen LogP contribution in [0.2, 0.25) is 0 Å². The smallest absolute Gasteiger partial charge is 0.275 e. The summed E-state index contributed by atoms with van der Waals surface area (Å²) >= 11 is 0. The fourth-order valence-electron chi connectivity index (χ4n) is 3.15. The molecule has 1 amide bonds. The molecule has 0 aromatic carbocycles. The topological polar surface area (TPSA) is 68.0 Å². The molecular formula is C16H25ClN6O. The Kier molecular flexibility index (Phi) is 5.66. The van der Waals surface area contributed by atoms with Crippen molar-refractivity contribution in [3.63, 3.8) is 0 Å². The third-order valence-corrected chi connectivity index (χ3v) is 4.39. The number of rotatable bonds is 3. The van der Waals surface area contributed by atoms with Crippen LogP contribution in [0.25, 0.3) is 0 Å². The van der Waals surface area contributed by atoms with Gasteiger partial charge in [0.25, 0.3) is 5.91 Å². The van der Waals surface area contributed by atoms with Crippen molar-refractivity contribution in [2.24, 2.45) is 14.1 Å². The number of carbonyl (C=O) groups is 1. The van der Waals surface area contributed by atoms with E-state index in [2.05, 4.69) is 29.2 Å². The van der Waals surface area contributed by atoms with Crippen LogP contribution < -0.4 is 5.32 Å². The van der Waals surface area contributed by atoms with Gasteiger partial charge in [-0.1, -0.05) is 13.8 Å². The molecule has 0 bridgehead atoms. The molecule has 0 spiro atoms. The van der Waals surface area contributed by atoms with Crippen LogP contribution in [0.15, 0.2) is 18.5 Å². The summed E-state index contributed by atoms with van der Waals surface area (Å²) in [7, 11) is 3.84. The molecule has 3 heterocycles. The molecule has 8 heteroatoms. The molecule has 3 rings (SSSR count). The molecular weight excluding hydrogens is 328 g/mol. The monoisotopic (exact) mass is 352 g/mol. The zero-order chi connectivity index (χ0) is 16.6. The van der Waals surface area contributed by atoms with Gasteiger partial charge in [0.1, 0.15) is 11.9 Å². The summed E-state index contributed by atoms with van der Waals surface area (Å²) in [6, 6.07) is 1.84. The molecule has 1 unspecified atom stereocenters. The van der Waals surface area contributed by atoms with Crippen LogP contribution in [-0.2, 0) is 14.1 Å². The Labute approximate surface area is 148 Å². The summed E-state index contributed by atoms with van der Waals surface area (Å²) in [6.07, 6.45) is 3.68. The number of aromatic nitrogens is 4. The lowest BCUT2D eigenvalue weighted by Gasteiger charge is -2.35. The molecule has 0 radical (unpaired) electrons. The van der Waals surface area contributed by atoms with Crippen LogP contribution in [0.3, 0.4) is 0 Å². The Morgan fingerprint density at radius 1 is 1.38 bits per heavy atom. The van der Waals surface area contributed by atoms with E-state index in [-0.39, 0.29) is 24.4 Å². The van der Waals surface area contributed by atoms with Crippen molar-refractivity contribution in [2.45, 2.75) is 25.8 Å². The molecule has 1 N–H and O–H groups in total. The molecule has 1 aliphatic heterocycles. The number of carbonyl (C=O) groups excluding carboxylic acids is 1. The average Bonchev–Trinajstić information content (AvgIpc) is 3.12. The predicted octanol–water partition coefficient (Wildman–Crippen LogP) is 1.49. The maximum atomic E-state index is 13.0. The summed E-state index contributed by atoms with van der Waals surface area (Å²) < 4.78 is 3.77. The van der Waals surface area contributed by atoms with Gasteiger partial charge in [0.05, 0.1) is 0 Å². The van der Waals surface area contributed by atoms with Crippen molar-refractivity contribution in [2.75, 3.05) is 19.6 Å². The van der Waals surface area contributed by atoms with Gasteiger partial charge in [-0.3, -0.25) is 9.48 Å². The Bertz CT molecular complexity index is 707. The highest BCUT2D eigenvalue weighted by atomic mass is 35.5. The number of nitrogens with one attached hydrogen (secondary N) is 1. The highest BCUT2D eigenvalue weighted by Gasteiger charge is 2.32. The molecule has 1 aliphatic rings. The van der Waals surface area contributed by atoms with E-state index in [9.17, 15) is 4.79 Å². The Morgan fingerprint density at radius 3 is 2.71 bits per heavy atom. The maximum absolute atomic E-state index is 13.0. The molecule has 1 atom stereocenters. The fraction of sp³-hybridized carbons (Fsp3) is 0.562. The van der Waals surface area contributed by atoms with Gasteiger partial charge in [0.15, 0.2) is 5.69 Å². The summed E-state index contributed by atoms with van der Waals surface area (Å²) in [5, 5.41) is 7.77. The minimum absolute atomic E-state index is 0. The first-order chi connectivity index (χ1) is 11.0. The largest absolute Gasteiger partial charge is 0.336 e. The number of hydrogen-bond donors (Lipinski definition) is 1. The second-order valence-electron chi connectivity index (χ2n) is 6.35. The van der Waals surface area contributed by atoms with Crippen molar-refractivity contribution in [3.8, 4) is 0 Å². The minimum atomic E-state index is -0.0687. The predicted molar refractivity (Wildman–Crippen MR) is 94.4 cm³/mol. The molecule has 2 aromatic heterocycles. The van der Waals surface area contributed by atoms with E-state index in [0.717, 1.165) is 18.1 Å². The number of piperazine rings is 1. The van der Waals surface area contributed by atoms with E-state index in [1.165, 1.54) is 0 Å². The van der Waals surface area contributed by atoms with Crippen molar-refractivity contribution >= 4 is 18.3 Å². The van der Waals surface area contributed by atoms with Gasteiger partial charge in [-0.25, -0.2) is 4.98 Å². The Hall–Kier alpha value is -1.86. The summed E-state index contributed by atoms with van der Waals surface area (Å²) in [6.45, 7) is 6.36. The molecule has 1 fully saturated rings. The first-order valence-electron chi connectivity index (χ1n) is 8.02. The van der Waals surface area contributed by atoms with Gasteiger partial charge in [-0.15, -0.1) is 12.4 Å². The molecule has 132 valence electrons. The van der Waals surface area contributed by atoms with Crippen LogP contribution in [0.5, 0.6) is 0 Å². The average molecular weight is 353 g/mol. The standard InChI is InChI=1S/C16H24N6O.ClH/c1-11(2)13-9-12(19-21(13)4)16(23)22-8-5-17-10-14(22)15-18-6-7-20(15)3;/h6-7,9,11,14,17H,5,8,10H2,1-4H3;1H. The van der Waals surface area contributed by atoms with Crippen LogP contribution >= 0.6 is 12.4 Å². The Balaban J connectivity index is 0.00000208. The van der Waals surface area contributed by atoms with E-state index < -0.39 is 0 Å². The van der Waals surface area contributed by atoms with E-state index in [0.29, 0.717) is 24.7 Å². The first kappa shape index (κ1) is 18.5. The Morgan fingerprint density at radius 2 is 2.12 bits per heavy atom. The highest BCUT2D eigenvalue weighted by molar-refractivity contribution is 5.92. The number of hydrogen-bond acceptors (Lipinski definition) is 4. The summed E-state index contributed by atoms with van der Waals surface area (Å²) in [5.74, 6) is 1.20. The number of nitrogens with zero attached hydrogens (tertiary/aromatic N) is 5. The van der Waals surface area contributed by atoms with Crippen molar-refractivity contribution in [1.29, 1.82) is 0 Å². The van der Waals surface area contributed by atoms with Gasteiger partial charge in [0.2, 0.25) is 0 Å². The summed E-state index contributed by atoms with van der Waals surface area (Å²) in [5.41, 5.74) is 1.58. The normalized spacial score (nSPS) is 17.9. The lowest BCUT2D eigenvalue weighted by molar-refractivity contribution is 0.0614. The van der Waals surface area contributed by atoms with Crippen LogP contribution in [-0.4, -0.2) is 49.8 Å². The zero-order valence-corrected chi connectivity index (χ0v) is 15.4. The van der Waals surface area contributed by atoms with E-state index in [1.54, 1.807) is 10.9 Å². The SMILES string of the molecule is CC(C)c1cc(C(=O)N2CCNCC2c2nccn2C)nn1C.Cl. The molecule has 1 saturated heterocycles. The van der Waals surface area contributed by atoms with Gasteiger partial charge in [0, 0.05) is 51.8 Å². The third-order valence-electron chi connectivity index (χ3n) is 4.39. The van der Waals surface area contributed by atoms with Gasteiger partial charge in [-0.05, 0) is 12.0 Å².